The molecule has 1 aliphatic heterocycles. The van der Waals surface area contributed by atoms with Gasteiger partial charge in [0.25, 0.3) is 0 Å². The van der Waals surface area contributed by atoms with Gasteiger partial charge >= 0.3 is 0 Å². The van der Waals surface area contributed by atoms with Crippen LogP contribution in [-0.4, -0.2) is 32.7 Å². The maximum Gasteiger partial charge on any atom is 0.245 e. The largest absolute Gasteiger partial charge is 0.308 e. The van der Waals surface area contributed by atoms with Gasteiger partial charge in [-0.2, -0.15) is 0 Å². The van der Waals surface area contributed by atoms with E-state index in [-0.39, 0.29) is 11.9 Å². The SMILES string of the molecule is C[C@H]1C[C@H](NS(C)(=O)=O)C(=O)N1c1ccccc1. The van der Waals surface area contributed by atoms with E-state index in [9.17, 15) is 13.2 Å². The Hall–Kier alpha value is -1.40. The molecule has 0 unspecified atom stereocenters. The second kappa shape index (κ2) is 4.70. The highest BCUT2D eigenvalue weighted by Gasteiger charge is 2.39. The van der Waals surface area contributed by atoms with Crippen LogP contribution in [0.5, 0.6) is 0 Å². The van der Waals surface area contributed by atoms with E-state index >= 15 is 0 Å². The molecule has 18 heavy (non-hydrogen) atoms. The molecule has 1 saturated heterocycles. The number of carbonyl (C=O) groups is 1. The topological polar surface area (TPSA) is 66.5 Å². The zero-order valence-corrected chi connectivity index (χ0v) is 11.1. The molecule has 1 aliphatic rings. The summed E-state index contributed by atoms with van der Waals surface area (Å²) in [5.41, 5.74) is 0.799. The molecule has 0 radical (unpaired) electrons. The molecule has 0 saturated carbocycles. The zero-order chi connectivity index (χ0) is 13.3. The molecule has 1 N–H and O–H groups in total. The van der Waals surface area contributed by atoms with Crippen LogP contribution in [0.25, 0.3) is 0 Å². The number of hydrogen-bond acceptors (Lipinski definition) is 3. The van der Waals surface area contributed by atoms with Crippen LogP contribution in [0, 0.1) is 0 Å². The maximum atomic E-state index is 12.2. The van der Waals surface area contributed by atoms with Crippen LogP contribution < -0.4 is 9.62 Å². The van der Waals surface area contributed by atoms with Crippen LogP contribution in [0.15, 0.2) is 30.3 Å². The third kappa shape index (κ3) is 2.70. The smallest absolute Gasteiger partial charge is 0.245 e. The Morgan fingerprint density at radius 3 is 2.44 bits per heavy atom. The van der Waals surface area contributed by atoms with Crippen LogP contribution in [-0.2, 0) is 14.8 Å². The van der Waals surface area contributed by atoms with Crippen molar-refractivity contribution in [2.45, 2.75) is 25.4 Å². The monoisotopic (exact) mass is 268 g/mol. The molecular weight excluding hydrogens is 252 g/mol. The number of amides is 1. The molecule has 0 bridgehead atoms. The number of hydrogen-bond donors (Lipinski definition) is 1. The Balaban J connectivity index is 2.23. The first-order valence-electron chi connectivity index (χ1n) is 5.74. The molecule has 1 aromatic carbocycles. The maximum absolute atomic E-state index is 12.2. The van der Waals surface area contributed by atoms with E-state index in [1.165, 1.54) is 0 Å². The first-order chi connectivity index (χ1) is 8.38. The van der Waals surface area contributed by atoms with Gasteiger partial charge in [-0.15, -0.1) is 0 Å². The Morgan fingerprint density at radius 2 is 1.89 bits per heavy atom. The molecule has 2 atom stereocenters. The lowest BCUT2D eigenvalue weighted by Crippen LogP contribution is -2.41. The van der Waals surface area contributed by atoms with E-state index < -0.39 is 16.1 Å². The molecule has 6 heteroatoms. The lowest BCUT2D eigenvalue weighted by molar-refractivity contribution is -0.118. The number of carbonyl (C=O) groups excluding carboxylic acids is 1. The van der Waals surface area contributed by atoms with Gasteiger partial charge in [-0.3, -0.25) is 4.79 Å². The van der Waals surface area contributed by atoms with Gasteiger partial charge in [0.05, 0.1) is 6.26 Å². The summed E-state index contributed by atoms with van der Waals surface area (Å²) in [6.07, 6.45) is 1.55. The third-order valence-corrected chi connectivity index (χ3v) is 3.66. The standard InChI is InChI=1S/C12H16N2O3S/c1-9-8-11(13-18(2,16)17)12(15)14(9)10-6-4-3-5-7-10/h3-7,9,11,13H,8H2,1-2H3/t9-,11-/m0/s1. The van der Waals surface area contributed by atoms with Crippen LogP contribution in [0.4, 0.5) is 5.69 Å². The average molecular weight is 268 g/mol. The van der Waals surface area contributed by atoms with Gasteiger partial charge < -0.3 is 4.90 Å². The summed E-state index contributed by atoms with van der Waals surface area (Å²) in [4.78, 5) is 13.8. The summed E-state index contributed by atoms with van der Waals surface area (Å²) in [7, 11) is -3.37. The lowest BCUT2D eigenvalue weighted by atomic mass is 10.2. The summed E-state index contributed by atoms with van der Waals surface area (Å²) in [6, 6.07) is 8.60. The Labute approximate surface area is 107 Å². The quantitative estimate of drug-likeness (QED) is 0.879. The van der Waals surface area contributed by atoms with Crippen molar-refractivity contribution in [3.05, 3.63) is 30.3 Å². The summed E-state index contributed by atoms with van der Waals surface area (Å²) in [6.45, 7) is 1.91. The molecule has 1 heterocycles. The predicted octanol–water partition coefficient (Wildman–Crippen LogP) is 0.730. The summed E-state index contributed by atoms with van der Waals surface area (Å²) >= 11 is 0. The van der Waals surface area contributed by atoms with Crippen molar-refractivity contribution in [2.24, 2.45) is 0 Å². The van der Waals surface area contributed by atoms with Crippen LogP contribution in [0.1, 0.15) is 13.3 Å². The van der Waals surface area contributed by atoms with E-state index in [0.29, 0.717) is 6.42 Å². The van der Waals surface area contributed by atoms with Gasteiger partial charge in [0.2, 0.25) is 15.9 Å². The average Bonchev–Trinajstić information content (AvgIpc) is 2.53. The van der Waals surface area contributed by atoms with Crippen LogP contribution in [0.3, 0.4) is 0 Å². The number of para-hydroxylation sites is 1. The Bertz CT molecular complexity index is 542. The van der Waals surface area contributed by atoms with Crippen molar-refractivity contribution < 1.29 is 13.2 Å². The molecule has 0 spiro atoms. The van der Waals surface area contributed by atoms with E-state index in [0.717, 1.165) is 11.9 Å². The molecule has 5 nitrogen and oxygen atoms in total. The van der Waals surface area contributed by atoms with Gasteiger partial charge in [0.1, 0.15) is 6.04 Å². The minimum atomic E-state index is -3.37. The number of rotatable bonds is 3. The van der Waals surface area contributed by atoms with Crippen molar-refractivity contribution in [2.75, 3.05) is 11.2 Å². The molecule has 2 rings (SSSR count). The molecule has 1 fully saturated rings. The number of nitrogens with one attached hydrogen (secondary N) is 1. The van der Waals surface area contributed by atoms with Gasteiger partial charge in [-0.25, -0.2) is 13.1 Å². The van der Waals surface area contributed by atoms with E-state index in [1.54, 1.807) is 4.90 Å². The van der Waals surface area contributed by atoms with Crippen molar-refractivity contribution in [3.63, 3.8) is 0 Å². The van der Waals surface area contributed by atoms with Crippen LogP contribution in [0.2, 0.25) is 0 Å². The Kier molecular flexibility index (Phi) is 3.41. The summed E-state index contributed by atoms with van der Waals surface area (Å²) in [5, 5.41) is 0. The van der Waals surface area contributed by atoms with Gasteiger partial charge in [0, 0.05) is 11.7 Å². The second-order valence-electron chi connectivity index (χ2n) is 4.57. The van der Waals surface area contributed by atoms with Crippen molar-refractivity contribution in [3.8, 4) is 0 Å². The minimum Gasteiger partial charge on any atom is -0.308 e. The van der Waals surface area contributed by atoms with Gasteiger partial charge in [-0.1, -0.05) is 18.2 Å². The highest BCUT2D eigenvalue weighted by atomic mass is 32.2. The fourth-order valence-corrected chi connectivity index (χ4v) is 2.97. The molecule has 1 amide bonds. The third-order valence-electron chi connectivity index (χ3n) is 2.94. The second-order valence-corrected chi connectivity index (χ2v) is 6.35. The number of nitrogens with zero attached hydrogens (tertiary/aromatic N) is 1. The highest BCUT2D eigenvalue weighted by molar-refractivity contribution is 7.88. The first-order valence-corrected chi connectivity index (χ1v) is 7.63. The fourth-order valence-electron chi connectivity index (χ4n) is 2.26. The minimum absolute atomic E-state index is 0.0147. The van der Waals surface area contributed by atoms with Gasteiger partial charge in [0.15, 0.2) is 0 Å². The molecule has 1 aromatic rings. The summed E-state index contributed by atoms with van der Waals surface area (Å²) in [5.74, 6) is -0.195. The summed E-state index contributed by atoms with van der Waals surface area (Å²) < 4.78 is 24.8. The normalized spacial score (nSPS) is 24.6. The number of sulfonamides is 1. The van der Waals surface area contributed by atoms with Crippen molar-refractivity contribution >= 4 is 21.6 Å². The van der Waals surface area contributed by atoms with Gasteiger partial charge in [-0.05, 0) is 25.5 Å². The highest BCUT2D eigenvalue weighted by Crippen LogP contribution is 2.26. The molecule has 0 aliphatic carbocycles. The van der Waals surface area contributed by atoms with E-state index in [2.05, 4.69) is 4.72 Å². The number of anilines is 1. The van der Waals surface area contributed by atoms with E-state index in [4.69, 9.17) is 0 Å². The molecule has 0 aromatic heterocycles. The fraction of sp³-hybridized carbons (Fsp3) is 0.417. The molecular formula is C12H16N2O3S. The van der Waals surface area contributed by atoms with Crippen LogP contribution >= 0.6 is 0 Å². The zero-order valence-electron chi connectivity index (χ0n) is 10.3. The van der Waals surface area contributed by atoms with Crippen molar-refractivity contribution in [1.29, 1.82) is 0 Å². The van der Waals surface area contributed by atoms with Crippen molar-refractivity contribution in [1.82, 2.24) is 4.72 Å². The Morgan fingerprint density at radius 1 is 1.28 bits per heavy atom. The molecule has 98 valence electrons. The van der Waals surface area contributed by atoms with E-state index in [1.807, 2.05) is 37.3 Å². The predicted molar refractivity (Wildman–Crippen MR) is 69.8 cm³/mol. The first kappa shape index (κ1) is 13.0. The number of benzene rings is 1. The lowest BCUT2D eigenvalue weighted by Gasteiger charge is -2.21.